The van der Waals surface area contributed by atoms with E-state index in [2.05, 4.69) is 10.3 Å². The standard InChI is InChI=1S/C23H19ClN2O3/c1-3-28-18-9-6-15(7-10-18)22(27)25-19-12-16(5-4-14(19)2)23-26-20-13-17(24)8-11-21(20)29-23/h4-13H,3H2,1-2H3,(H,25,27). The van der Waals surface area contributed by atoms with Gasteiger partial charge in [-0.2, -0.15) is 0 Å². The molecule has 0 aliphatic rings. The van der Waals surface area contributed by atoms with Crippen LogP contribution >= 0.6 is 11.6 Å². The summed E-state index contributed by atoms with van der Waals surface area (Å²) in [5.74, 6) is 1.01. The summed E-state index contributed by atoms with van der Waals surface area (Å²) in [6.45, 7) is 4.44. The number of rotatable bonds is 5. The van der Waals surface area contributed by atoms with E-state index in [0.29, 0.717) is 39.9 Å². The van der Waals surface area contributed by atoms with Crippen molar-refractivity contribution in [2.75, 3.05) is 11.9 Å². The normalized spacial score (nSPS) is 10.9. The quantitative estimate of drug-likeness (QED) is 0.434. The van der Waals surface area contributed by atoms with Crippen LogP contribution in [-0.4, -0.2) is 17.5 Å². The summed E-state index contributed by atoms with van der Waals surface area (Å²) in [4.78, 5) is 17.2. The fourth-order valence-corrected chi connectivity index (χ4v) is 3.14. The molecular formula is C23H19ClN2O3. The van der Waals surface area contributed by atoms with Gasteiger partial charge in [-0.3, -0.25) is 4.79 Å². The molecule has 0 spiro atoms. The summed E-state index contributed by atoms with van der Waals surface area (Å²) in [5, 5.41) is 3.56. The zero-order chi connectivity index (χ0) is 20.4. The third-order valence-electron chi connectivity index (χ3n) is 4.51. The van der Waals surface area contributed by atoms with Crippen molar-refractivity contribution in [1.82, 2.24) is 4.98 Å². The molecule has 0 bridgehead atoms. The summed E-state index contributed by atoms with van der Waals surface area (Å²) in [5.41, 5.74) is 4.30. The van der Waals surface area contributed by atoms with E-state index in [4.69, 9.17) is 20.8 Å². The number of halogens is 1. The van der Waals surface area contributed by atoms with Gasteiger partial charge >= 0.3 is 0 Å². The van der Waals surface area contributed by atoms with E-state index in [1.165, 1.54) is 0 Å². The maximum absolute atomic E-state index is 12.7. The van der Waals surface area contributed by atoms with E-state index in [-0.39, 0.29) is 5.91 Å². The number of carbonyl (C=O) groups excluding carboxylic acids is 1. The van der Waals surface area contributed by atoms with Gasteiger partial charge in [0.25, 0.3) is 5.91 Å². The Kier molecular flexibility index (Phi) is 5.23. The molecule has 1 aromatic heterocycles. The van der Waals surface area contributed by atoms with Crippen molar-refractivity contribution in [2.24, 2.45) is 0 Å². The Labute approximate surface area is 173 Å². The van der Waals surface area contributed by atoms with Crippen LogP contribution in [0.25, 0.3) is 22.6 Å². The summed E-state index contributed by atoms with van der Waals surface area (Å²) in [7, 11) is 0. The van der Waals surface area contributed by atoms with Gasteiger partial charge in [-0.25, -0.2) is 4.98 Å². The van der Waals surface area contributed by atoms with Gasteiger partial charge in [-0.05, 0) is 74.0 Å². The van der Waals surface area contributed by atoms with Crippen LogP contribution in [0.5, 0.6) is 5.75 Å². The second kappa shape index (κ2) is 7.97. The molecule has 0 fully saturated rings. The number of nitrogens with zero attached hydrogens (tertiary/aromatic N) is 1. The molecule has 1 N–H and O–H groups in total. The molecule has 0 unspecified atom stereocenters. The molecule has 146 valence electrons. The van der Waals surface area contributed by atoms with Crippen molar-refractivity contribution in [3.05, 3.63) is 76.8 Å². The first-order valence-corrected chi connectivity index (χ1v) is 9.62. The van der Waals surface area contributed by atoms with Gasteiger partial charge in [-0.1, -0.05) is 17.7 Å². The third kappa shape index (κ3) is 4.10. The molecule has 5 nitrogen and oxygen atoms in total. The predicted octanol–water partition coefficient (Wildman–Crippen LogP) is 6.11. The molecule has 0 radical (unpaired) electrons. The van der Waals surface area contributed by atoms with E-state index >= 15 is 0 Å². The lowest BCUT2D eigenvalue weighted by atomic mass is 10.1. The lowest BCUT2D eigenvalue weighted by Gasteiger charge is -2.10. The Balaban J connectivity index is 1.60. The third-order valence-corrected chi connectivity index (χ3v) is 4.74. The Morgan fingerprint density at radius 3 is 2.66 bits per heavy atom. The second-order valence-electron chi connectivity index (χ2n) is 6.57. The number of nitrogens with one attached hydrogen (secondary N) is 1. The van der Waals surface area contributed by atoms with Gasteiger partial charge in [0.2, 0.25) is 5.89 Å². The zero-order valence-corrected chi connectivity index (χ0v) is 16.8. The van der Waals surface area contributed by atoms with E-state index < -0.39 is 0 Å². The minimum absolute atomic E-state index is 0.197. The average Bonchev–Trinajstić information content (AvgIpc) is 3.13. The SMILES string of the molecule is CCOc1ccc(C(=O)Nc2cc(-c3nc4cc(Cl)ccc4o3)ccc2C)cc1. The fourth-order valence-electron chi connectivity index (χ4n) is 2.98. The number of amides is 1. The Hall–Kier alpha value is -3.31. The van der Waals surface area contributed by atoms with Gasteiger partial charge in [-0.15, -0.1) is 0 Å². The Bertz CT molecular complexity index is 1180. The van der Waals surface area contributed by atoms with Crippen LogP contribution < -0.4 is 10.1 Å². The molecule has 29 heavy (non-hydrogen) atoms. The molecule has 0 atom stereocenters. The largest absolute Gasteiger partial charge is 0.494 e. The van der Waals surface area contributed by atoms with Crippen LogP contribution in [0.4, 0.5) is 5.69 Å². The van der Waals surface area contributed by atoms with Crippen LogP contribution in [0.2, 0.25) is 5.02 Å². The fraction of sp³-hybridized carbons (Fsp3) is 0.130. The lowest BCUT2D eigenvalue weighted by Crippen LogP contribution is -2.12. The molecule has 4 rings (SSSR count). The minimum atomic E-state index is -0.197. The number of carbonyl (C=O) groups is 1. The van der Waals surface area contributed by atoms with Crippen LogP contribution in [0.15, 0.2) is 65.1 Å². The van der Waals surface area contributed by atoms with Crippen LogP contribution in [0.3, 0.4) is 0 Å². The topological polar surface area (TPSA) is 64.4 Å². The van der Waals surface area contributed by atoms with Crippen molar-refractivity contribution >= 4 is 34.3 Å². The smallest absolute Gasteiger partial charge is 0.255 e. The van der Waals surface area contributed by atoms with E-state index in [1.54, 1.807) is 42.5 Å². The van der Waals surface area contributed by atoms with Crippen molar-refractivity contribution in [2.45, 2.75) is 13.8 Å². The van der Waals surface area contributed by atoms with E-state index in [1.807, 2.05) is 32.0 Å². The predicted molar refractivity (Wildman–Crippen MR) is 115 cm³/mol. The molecular weight excluding hydrogens is 388 g/mol. The second-order valence-corrected chi connectivity index (χ2v) is 7.01. The molecule has 1 heterocycles. The summed E-state index contributed by atoms with van der Waals surface area (Å²) < 4.78 is 11.3. The van der Waals surface area contributed by atoms with Gasteiger partial charge in [0.05, 0.1) is 6.61 Å². The average molecular weight is 407 g/mol. The first-order chi connectivity index (χ1) is 14.0. The van der Waals surface area contributed by atoms with Gasteiger partial charge in [0.15, 0.2) is 5.58 Å². The maximum Gasteiger partial charge on any atom is 0.255 e. The highest BCUT2D eigenvalue weighted by Crippen LogP contribution is 2.29. The Morgan fingerprint density at radius 2 is 1.90 bits per heavy atom. The maximum atomic E-state index is 12.7. The lowest BCUT2D eigenvalue weighted by molar-refractivity contribution is 0.102. The molecule has 0 aliphatic carbocycles. The monoisotopic (exact) mass is 406 g/mol. The number of benzene rings is 3. The molecule has 4 aromatic rings. The van der Waals surface area contributed by atoms with Crippen LogP contribution in [0.1, 0.15) is 22.8 Å². The first-order valence-electron chi connectivity index (χ1n) is 9.25. The highest BCUT2D eigenvalue weighted by atomic mass is 35.5. The van der Waals surface area contributed by atoms with Crippen molar-refractivity contribution in [1.29, 1.82) is 0 Å². The zero-order valence-electron chi connectivity index (χ0n) is 16.0. The van der Waals surface area contributed by atoms with Crippen molar-refractivity contribution < 1.29 is 13.9 Å². The minimum Gasteiger partial charge on any atom is -0.494 e. The van der Waals surface area contributed by atoms with E-state index in [9.17, 15) is 4.79 Å². The molecule has 3 aromatic carbocycles. The molecule has 0 aliphatic heterocycles. The number of fused-ring (bicyclic) bond motifs is 1. The molecule has 1 amide bonds. The first kappa shape index (κ1) is 19.0. The van der Waals surface area contributed by atoms with Gasteiger partial charge in [0.1, 0.15) is 11.3 Å². The number of hydrogen-bond acceptors (Lipinski definition) is 4. The number of hydrogen-bond donors (Lipinski definition) is 1. The van der Waals surface area contributed by atoms with Gasteiger partial charge < -0.3 is 14.5 Å². The highest BCUT2D eigenvalue weighted by Gasteiger charge is 2.13. The number of ether oxygens (including phenoxy) is 1. The summed E-state index contributed by atoms with van der Waals surface area (Å²) >= 11 is 6.03. The highest BCUT2D eigenvalue weighted by molar-refractivity contribution is 6.31. The Morgan fingerprint density at radius 1 is 1.10 bits per heavy atom. The van der Waals surface area contributed by atoms with E-state index in [0.717, 1.165) is 16.9 Å². The number of aromatic nitrogens is 1. The van der Waals surface area contributed by atoms with Crippen LogP contribution in [0, 0.1) is 6.92 Å². The molecule has 0 saturated heterocycles. The summed E-state index contributed by atoms with van der Waals surface area (Å²) in [6, 6.07) is 18.0. The van der Waals surface area contributed by atoms with Gasteiger partial charge in [0, 0.05) is 21.8 Å². The van der Waals surface area contributed by atoms with Crippen molar-refractivity contribution in [3.63, 3.8) is 0 Å². The summed E-state index contributed by atoms with van der Waals surface area (Å²) in [6.07, 6.45) is 0. The number of anilines is 1. The van der Waals surface area contributed by atoms with Crippen LogP contribution in [-0.2, 0) is 0 Å². The van der Waals surface area contributed by atoms with Crippen molar-refractivity contribution in [3.8, 4) is 17.2 Å². The number of oxazole rings is 1. The molecule has 0 saturated carbocycles. The number of aryl methyl sites for hydroxylation is 1. The molecule has 6 heteroatoms.